The summed E-state index contributed by atoms with van der Waals surface area (Å²) in [6.07, 6.45) is 2.42. The van der Waals surface area contributed by atoms with Crippen molar-refractivity contribution in [3.63, 3.8) is 0 Å². The highest BCUT2D eigenvalue weighted by Crippen LogP contribution is 2.42. The number of carbonyl (C=O) groups is 2. The average molecular weight is 394 g/mol. The Morgan fingerprint density at radius 1 is 1.07 bits per heavy atom. The van der Waals surface area contributed by atoms with Crippen molar-refractivity contribution in [2.75, 3.05) is 25.7 Å². The summed E-state index contributed by atoms with van der Waals surface area (Å²) in [5.74, 6) is 1.40. The zero-order chi connectivity index (χ0) is 20.4. The number of rotatable bonds is 7. The zero-order valence-electron chi connectivity index (χ0n) is 16.8. The normalized spacial score (nSPS) is 19.7. The van der Waals surface area contributed by atoms with Gasteiger partial charge in [-0.2, -0.15) is 0 Å². The van der Waals surface area contributed by atoms with Crippen LogP contribution in [0.3, 0.4) is 0 Å². The summed E-state index contributed by atoms with van der Waals surface area (Å²) in [7, 11) is 3.22. The molecule has 152 valence electrons. The Kier molecular flexibility index (Phi) is 5.43. The fraction of sp³-hybridized carbons (Fsp3) is 0.391. The second kappa shape index (κ2) is 8.15. The van der Waals surface area contributed by atoms with Crippen LogP contribution in [0.1, 0.15) is 30.9 Å². The predicted molar refractivity (Wildman–Crippen MR) is 110 cm³/mol. The first-order valence-electron chi connectivity index (χ1n) is 9.98. The van der Waals surface area contributed by atoms with Crippen LogP contribution in [0.5, 0.6) is 11.5 Å². The van der Waals surface area contributed by atoms with E-state index in [1.54, 1.807) is 19.1 Å². The average Bonchev–Trinajstić information content (AvgIpc) is 3.53. The lowest BCUT2D eigenvalue weighted by molar-refractivity contribution is -0.127. The molecule has 0 spiro atoms. The van der Waals surface area contributed by atoms with Crippen molar-refractivity contribution in [1.29, 1.82) is 0 Å². The molecule has 4 rings (SSSR count). The fourth-order valence-corrected chi connectivity index (χ4v) is 3.95. The SMILES string of the molecule is COc1ccc(C(NC(=O)C2CC(=O)N(c3ccccc3OC)C2)C2CC2)cc1. The van der Waals surface area contributed by atoms with Crippen molar-refractivity contribution in [2.24, 2.45) is 11.8 Å². The highest BCUT2D eigenvalue weighted by atomic mass is 16.5. The lowest BCUT2D eigenvalue weighted by Crippen LogP contribution is -2.36. The van der Waals surface area contributed by atoms with Gasteiger partial charge in [0.25, 0.3) is 0 Å². The number of hydrogen-bond donors (Lipinski definition) is 1. The third-order valence-electron chi connectivity index (χ3n) is 5.74. The van der Waals surface area contributed by atoms with E-state index in [9.17, 15) is 9.59 Å². The van der Waals surface area contributed by atoms with E-state index in [1.807, 2.05) is 48.5 Å². The van der Waals surface area contributed by atoms with Gasteiger partial charge in [0.15, 0.2) is 0 Å². The standard InChI is InChI=1S/C23H26N2O4/c1-28-18-11-9-16(10-12-18)22(15-7-8-15)24-23(27)17-13-21(26)25(14-17)19-5-3-4-6-20(19)29-2/h3-6,9-12,15,17,22H,7-8,13-14H2,1-2H3,(H,24,27). The summed E-state index contributed by atoms with van der Waals surface area (Å²) < 4.78 is 10.6. The summed E-state index contributed by atoms with van der Waals surface area (Å²) in [6, 6.07) is 15.2. The molecule has 0 aromatic heterocycles. The molecule has 0 bridgehead atoms. The second-order valence-corrected chi connectivity index (χ2v) is 7.67. The summed E-state index contributed by atoms with van der Waals surface area (Å²) in [5, 5.41) is 3.21. The molecule has 0 radical (unpaired) electrons. The van der Waals surface area contributed by atoms with Crippen LogP contribution in [-0.4, -0.2) is 32.6 Å². The predicted octanol–water partition coefficient (Wildman–Crippen LogP) is 3.32. The summed E-state index contributed by atoms with van der Waals surface area (Å²) >= 11 is 0. The number of nitrogens with one attached hydrogen (secondary N) is 1. The number of carbonyl (C=O) groups excluding carboxylic acids is 2. The Labute approximate surface area is 170 Å². The fourth-order valence-electron chi connectivity index (χ4n) is 3.95. The largest absolute Gasteiger partial charge is 0.497 e. The molecule has 1 aliphatic heterocycles. The minimum Gasteiger partial charge on any atom is -0.497 e. The Morgan fingerprint density at radius 3 is 2.45 bits per heavy atom. The molecule has 1 N–H and O–H groups in total. The van der Waals surface area contributed by atoms with Crippen LogP contribution in [0.4, 0.5) is 5.69 Å². The number of nitrogens with zero attached hydrogens (tertiary/aromatic N) is 1. The maximum atomic E-state index is 13.0. The van der Waals surface area contributed by atoms with Crippen LogP contribution >= 0.6 is 0 Å². The van der Waals surface area contributed by atoms with Gasteiger partial charge in [0.2, 0.25) is 11.8 Å². The van der Waals surface area contributed by atoms with E-state index in [0.717, 1.165) is 24.2 Å². The van der Waals surface area contributed by atoms with E-state index in [-0.39, 0.29) is 30.2 Å². The molecule has 1 saturated heterocycles. The quantitative estimate of drug-likeness (QED) is 0.782. The van der Waals surface area contributed by atoms with E-state index < -0.39 is 0 Å². The topological polar surface area (TPSA) is 67.9 Å². The van der Waals surface area contributed by atoms with Crippen LogP contribution in [0.15, 0.2) is 48.5 Å². The smallest absolute Gasteiger partial charge is 0.227 e. The Hall–Kier alpha value is -3.02. The molecule has 2 aromatic rings. The van der Waals surface area contributed by atoms with Gasteiger partial charge in [-0.15, -0.1) is 0 Å². The summed E-state index contributed by atoms with van der Waals surface area (Å²) in [5.41, 5.74) is 1.79. The second-order valence-electron chi connectivity index (χ2n) is 7.67. The van der Waals surface area contributed by atoms with Crippen molar-refractivity contribution in [3.8, 4) is 11.5 Å². The maximum absolute atomic E-state index is 13.0. The van der Waals surface area contributed by atoms with Gasteiger partial charge in [-0.25, -0.2) is 0 Å². The van der Waals surface area contributed by atoms with Gasteiger partial charge in [0, 0.05) is 13.0 Å². The molecular formula is C23H26N2O4. The van der Waals surface area contributed by atoms with Crippen molar-refractivity contribution >= 4 is 17.5 Å². The monoisotopic (exact) mass is 394 g/mol. The van der Waals surface area contributed by atoms with Crippen LogP contribution < -0.4 is 19.7 Å². The third-order valence-corrected chi connectivity index (χ3v) is 5.74. The van der Waals surface area contributed by atoms with E-state index in [0.29, 0.717) is 23.9 Å². The zero-order valence-corrected chi connectivity index (χ0v) is 16.8. The molecule has 1 aliphatic carbocycles. The van der Waals surface area contributed by atoms with Crippen LogP contribution in [0.25, 0.3) is 0 Å². The number of methoxy groups -OCH3 is 2. The molecule has 6 heteroatoms. The van der Waals surface area contributed by atoms with Gasteiger partial charge >= 0.3 is 0 Å². The highest BCUT2D eigenvalue weighted by molar-refractivity contribution is 6.01. The van der Waals surface area contributed by atoms with Gasteiger partial charge in [0.05, 0.1) is 31.9 Å². The molecule has 1 heterocycles. The Bertz CT molecular complexity index is 892. The van der Waals surface area contributed by atoms with Crippen molar-refractivity contribution < 1.29 is 19.1 Å². The lowest BCUT2D eigenvalue weighted by atomic mass is 10.00. The molecule has 2 aliphatic rings. The number of benzene rings is 2. The highest BCUT2D eigenvalue weighted by Gasteiger charge is 2.39. The third kappa shape index (κ3) is 4.06. The van der Waals surface area contributed by atoms with Gasteiger partial charge in [-0.1, -0.05) is 24.3 Å². The first-order chi connectivity index (χ1) is 14.1. The number of amides is 2. The minimum atomic E-state index is -0.369. The summed E-state index contributed by atoms with van der Waals surface area (Å²) in [4.78, 5) is 27.3. The van der Waals surface area contributed by atoms with E-state index in [2.05, 4.69) is 5.32 Å². The van der Waals surface area contributed by atoms with Crippen LogP contribution in [0, 0.1) is 11.8 Å². The van der Waals surface area contributed by atoms with E-state index >= 15 is 0 Å². The maximum Gasteiger partial charge on any atom is 0.227 e. The van der Waals surface area contributed by atoms with Crippen molar-refractivity contribution in [2.45, 2.75) is 25.3 Å². The molecule has 2 amide bonds. The van der Waals surface area contributed by atoms with Gasteiger partial charge in [-0.3, -0.25) is 9.59 Å². The number of ether oxygens (including phenoxy) is 2. The molecule has 1 saturated carbocycles. The van der Waals surface area contributed by atoms with E-state index in [1.165, 1.54) is 0 Å². The Morgan fingerprint density at radius 2 is 1.79 bits per heavy atom. The van der Waals surface area contributed by atoms with Gasteiger partial charge in [0.1, 0.15) is 11.5 Å². The molecule has 2 aromatic carbocycles. The first-order valence-corrected chi connectivity index (χ1v) is 9.98. The lowest BCUT2D eigenvalue weighted by Gasteiger charge is -2.22. The summed E-state index contributed by atoms with van der Waals surface area (Å²) in [6.45, 7) is 0.366. The molecule has 6 nitrogen and oxygen atoms in total. The van der Waals surface area contributed by atoms with Gasteiger partial charge in [-0.05, 0) is 48.6 Å². The number of hydrogen-bond acceptors (Lipinski definition) is 4. The molecule has 2 unspecified atom stereocenters. The molecule has 29 heavy (non-hydrogen) atoms. The number of para-hydroxylation sites is 2. The van der Waals surface area contributed by atoms with Crippen LogP contribution in [0.2, 0.25) is 0 Å². The minimum absolute atomic E-state index is 0.0242. The van der Waals surface area contributed by atoms with Crippen molar-refractivity contribution in [3.05, 3.63) is 54.1 Å². The van der Waals surface area contributed by atoms with Gasteiger partial charge < -0.3 is 19.7 Å². The van der Waals surface area contributed by atoms with E-state index in [4.69, 9.17) is 9.47 Å². The Balaban J connectivity index is 1.47. The number of anilines is 1. The van der Waals surface area contributed by atoms with Crippen molar-refractivity contribution in [1.82, 2.24) is 5.32 Å². The molecule has 2 fully saturated rings. The van der Waals surface area contributed by atoms with Crippen LogP contribution in [-0.2, 0) is 9.59 Å². The first kappa shape index (κ1) is 19.3. The molecular weight excluding hydrogens is 368 g/mol. The molecule has 2 atom stereocenters.